The highest BCUT2D eigenvalue weighted by Gasteiger charge is 2.43. The Morgan fingerprint density at radius 3 is 2.00 bits per heavy atom. The first kappa shape index (κ1) is 36.7. The molecule has 9 heteroatoms. The number of fused-ring (bicyclic) bond motifs is 1. The summed E-state index contributed by atoms with van der Waals surface area (Å²) >= 11 is 0. The zero-order valence-electron chi connectivity index (χ0n) is 30.3. The Balaban J connectivity index is 1.49. The van der Waals surface area contributed by atoms with E-state index in [1.807, 2.05) is 46.8 Å². The van der Waals surface area contributed by atoms with Crippen molar-refractivity contribution >= 4 is 16.8 Å². The second kappa shape index (κ2) is 14.5. The Hall–Kier alpha value is -6.09. The Labute approximate surface area is 307 Å². The molecule has 0 spiro atoms. The molecule has 1 aliphatic carbocycles. The van der Waals surface area contributed by atoms with Gasteiger partial charge in [0.1, 0.15) is 51.6 Å². The third-order valence-corrected chi connectivity index (χ3v) is 10.0. The van der Waals surface area contributed by atoms with Gasteiger partial charge in [-0.15, -0.1) is 0 Å². The number of carbonyl (C=O) groups is 1. The molecular formula is C44H44O9. The van der Waals surface area contributed by atoms with Gasteiger partial charge in [0.15, 0.2) is 5.78 Å². The molecule has 0 saturated carbocycles. The zero-order valence-corrected chi connectivity index (χ0v) is 30.3. The van der Waals surface area contributed by atoms with E-state index in [9.17, 15) is 40.5 Å². The lowest BCUT2D eigenvalue weighted by Gasteiger charge is -2.37. The maximum atomic E-state index is 14.8. The van der Waals surface area contributed by atoms with E-state index >= 15 is 0 Å². The highest BCUT2D eigenvalue weighted by atomic mass is 16.3. The second-order valence-electron chi connectivity index (χ2n) is 14.4. The number of aromatic hydroxyl groups is 7. The number of allylic oxidation sites excluding steroid dienone is 6. The van der Waals surface area contributed by atoms with Gasteiger partial charge in [0.25, 0.3) is 0 Å². The molecule has 0 fully saturated rings. The van der Waals surface area contributed by atoms with Gasteiger partial charge in [0.05, 0.1) is 5.56 Å². The number of carbonyl (C=O) groups excluding carboxylic acids is 1. The highest BCUT2D eigenvalue weighted by Crippen LogP contribution is 2.53. The third-order valence-electron chi connectivity index (χ3n) is 10.0. The molecular weight excluding hydrogens is 672 g/mol. The lowest BCUT2D eigenvalue weighted by Crippen LogP contribution is -2.31. The quantitative estimate of drug-likeness (QED) is 0.0579. The van der Waals surface area contributed by atoms with Crippen LogP contribution in [0.3, 0.4) is 0 Å². The van der Waals surface area contributed by atoms with Crippen LogP contribution in [0.2, 0.25) is 0 Å². The minimum absolute atomic E-state index is 0.0591. The van der Waals surface area contributed by atoms with E-state index in [4.69, 9.17) is 4.42 Å². The van der Waals surface area contributed by atoms with E-state index in [0.29, 0.717) is 40.9 Å². The molecule has 0 unspecified atom stereocenters. The van der Waals surface area contributed by atoms with E-state index in [1.54, 1.807) is 24.3 Å². The van der Waals surface area contributed by atoms with E-state index in [0.717, 1.165) is 22.1 Å². The van der Waals surface area contributed by atoms with Crippen molar-refractivity contribution in [1.82, 2.24) is 0 Å². The Bertz CT molecular complexity index is 2310. The van der Waals surface area contributed by atoms with E-state index in [-0.39, 0.29) is 63.4 Å². The molecule has 0 radical (unpaired) electrons. The van der Waals surface area contributed by atoms with Crippen molar-refractivity contribution in [3.8, 4) is 51.6 Å². The number of ketones is 1. The Morgan fingerprint density at radius 1 is 0.736 bits per heavy atom. The fourth-order valence-electron chi connectivity index (χ4n) is 7.37. The summed E-state index contributed by atoms with van der Waals surface area (Å²) in [5, 5.41) is 77.9. The average Bonchev–Trinajstić information content (AvgIpc) is 3.51. The minimum Gasteiger partial charge on any atom is -0.508 e. The summed E-state index contributed by atoms with van der Waals surface area (Å²) in [5.74, 6) is -4.40. The summed E-state index contributed by atoms with van der Waals surface area (Å²) in [4.78, 5) is 14.8. The monoisotopic (exact) mass is 716 g/mol. The van der Waals surface area contributed by atoms with Gasteiger partial charge < -0.3 is 40.2 Å². The van der Waals surface area contributed by atoms with Crippen LogP contribution in [0.25, 0.3) is 22.3 Å². The molecule has 6 rings (SSSR count). The summed E-state index contributed by atoms with van der Waals surface area (Å²) in [5.41, 5.74) is 4.85. The van der Waals surface area contributed by atoms with Crippen LogP contribution < -0.4 is 0 Å². The van der Waals surface area contributed by atoms with E-state index in [1.165, 1.54) is 42.5 Å². The molecule has 0 amide bonds. The summed E-state index contributed by atoms with van der Waals surface area (Å²) in [7, 11) is 0. The van der Waals surface area contributed by atoms with Crippen molar-refractivity contribution in [2.75, 3.05) is 0 Å². The van der Waals surface area contributed by atoms with Gasteiger partial charge >= 0.3 is 0 Å². The molecule has 0 aliphatic heterocycles. The molecule has 7 N–H and O–H groups in total. The average molecular weight is 717 g/mol. The lowest BCUT2D eigenvalue weighted by atomic mass is 9.65. The van der Waals surface area contributed by atoms with Gasteiger partial charge in [-0.05, 0) is 108 Å². The maximum absolute atomic E-state index is 14.8. The summed E-state index contributed by atoms with van der Waals surface area (Å²) in [6.45, 7) is 9.54. The first-order valence-electron chi connectivity index (χ1n) is 17.5. The molecule has 4 aromatic carbocycles. The number of phenols is 7. The molecule has 53 heavy (non-hydrogen) atoms. The first-order valence-corrected chi connectivity index (χ1v) is 17.5. The Kier molecular flexibility index (Phi) is 10.0. The predicted molar refractivity (Wildman–Crippen MR) is 204 cm³/mol. The molecule has 0 bridgehead atoms. The number of hydrogen-bond donors (Lipinski definition) is 7. The molecule has 9 nitrogen and oxygen atoms in total. The largest absolute Gasteiger partial charge is 0.508 e. The molecule has 274 valence electrons. The topological polar surface area (TPSA) is 172 Å². The minimum atomic E-state index is -1.07. The van der Waals surface area contributed by atoms with Crippen molar-refractivity contribution in [3.05, 3.63) is 123 Å². The van der Waals surface area contributed by atoms with Gasteiger partial charge in [0, 0.05) is 51.5 Å². The summed E-state index contributed by atoms with van der Waals surface area (Å²) < 4.78 is 6.22. The molecule has 3 atom stereocenters. The van der Waals surface area contributed by atoms with Gasteiger partial charge in [0.2, 0.25) is 0 Å². The van der Waals surface area contributed by atoms with Crippen LogP contribution in [0.15, 0.2) is 100 Å². The smallest absolute Gasteiger partial charge is 0.171 e. The number of benzene rings is 4. The van der Waals surface area contributed by atoms with Gasteiger partial charge in [-0.2, -0.15) is 0 Å². The van der Waals surface area contributed by atoms with Crippen molar-refractivity contribution < 1.29 is 45.0 Å². The van der Waals surface area contributed by atoms with Crippen LogP contribution in [0.4, 0.5) is 0 Å². The van der Waals surface area contributed by atoms with Crippen molar-refractivity contribution in [1.29, 1.82) is 0 Å². The molecule has 0 saturated heterocycles. The van der Waals surface area contributed by atoms with Crippen molar-refractivity contribution in [3.63, 3.8) is 0 Å². The third kappa shape index (κ3) is 7.20. The lowest BCUT2D eigenvalue weighted by molar-refractivity contribution is 0.0876. The van der Waals surface area contributed by atoms with Gasteiger partial charge in [-0.25, -0.2) is 0 Å². The number of hydrogen-bond acceptors (Lipinski definition) is 9. The number of rotatable bonds is 9. The van der Waals surface area contributed by atoms with Crippen LogP contribution in [-0.4, -0.2) is 41.5 Å². The molecule has 1 aliphatic rings. The van der Waals surface area contributed by atoms with E-state index in [2.05, 4.69) is 0 Å². The summed E-state index contributed by atoms with van der Waals surface area (Å²) in [6, 6.07) is 14.8. The molecule has 5 aromatic rings. The van der Waals surface area contributed by atoms with Crippen molar-refractivity contribution in [2.24, 2.45) is 5.92 Å². The summed E-state index contributed by atoms with van der Waals surface area (Å²) in [6.07, 6.45) is 6.54. The van der Waals surface area contributed by atoms with Crippen LogP contribution >= 0.6 is 0 Å². The highest BCUT2D eigenvalue weighted by molar-refractivity contribution is 6.02. The second-order valence-corrected chi connectivity index (χ2v) is 14.4. The molecule has 1 heterocycles. The van der Waals surface area contributed by atoms with Crippen molar-refractivity contribution in [2.45, 2.75) is 65.7 Å². The number of phenolic OH excluding ortho intramolecular Hbond substituents is 7. The van der Waals surface area contributed by atoms with Crippen LogP contribution in [-0.2, 0) is 12.8 Å². The first-order chi connectivity index (χ1) is 25.1. The van der Waals surface area contributed by atoms with Gasteiger partial charge in [-0.3, -0.25) is 4.79 Å². The van der Waals surface area contributed by atoms with Crippen LogP contribution in [0.1, 0.15) is 85.5 Å². The fourth-order valence-corrected chi connectivity index (χ4v) is 7.37. The molecule has 1 aromatic heterocycles. The predicted octanol–water partition coefficient (Wildman–Crippen LogP) is 9.77. The normalized spacial score (nSPS) is 17.0. The zero-order chi connectivity index (χ0) is 38.3. The Morgan fingerprint density at radius 2 is 1.36 bits per heavy atom. The number of Topliss-reactive ketones (excluding diaryl/α,β-unsaturated/α-hetero) is 1. The fraction of sp³-hybridized carbons (Fsp3) is 0.250. The standard InChI is InChI=1S/C44H44O9/c1-22(2)6-10-29-34(46)15-13-31(42(29)51)43(52)40-32(28-12-9-27(45)21-36(28)48)16-24(5)17-33(40)41-37(49)18-26(19-38(41)50)39-20-25-8-14-35(47)30(44(25)53-39)11-7-23(3)4/h6-9,12-15,17-21,32-33,40,45-51H,10-11,16H2,1-5H3/t32-,33+,40-/m1/s1. The van der Waals surface area contributed by atoms with Crippen LogP contribution in [0.5, 0.6) is 40.2 Å². The maximum Gasteiger partial charge on any atom is 0.171 e. The van der Waals surface area contributed by atoms with Gasteiger partial charge in [-0.1, -0.05) is 41.0 Å². The number of furan rings is 1. The van der Waals surface area contributed by atoms with E-state index < -0.39 is 23.5 Å². The SMILES string of the molecule is CC(C)=CCc1c(O)ccc(C(=O)[C@H]2[C@@H](c3c(O)cc(-c4cc5ccc(O)c(CC=C(C)C)c5o4)cc3O)C=C(C)C[C@@H]2c2ccc(O)cc2O)c1O. The van der Waals surface area contributed by atoms with Crippen LogP contribution in [0, 0.1) is 5.92 Å².